The highest BCUT2D eigenvalue weighted by molar-refractivity contribution is 6.47. The molecule has 0 radical (unpaired) electrons. The van der Waals surface area contributed by atoms with Crippen LogP contribution < -0.4 is 4.74 Å². The molecular formula is C23H23Cl2NO5. The van der Waals surface area contributed by atoms with Crippen LogP contribution in [0.2, 0.25) is 10.0 Å². The molecule has 1 heterocycles. The van der Waals surface area contributed by atoms with Crippen LogP contribution in [-0.4, -0.2) is 48.1 Å². The number of carbonyl (C=O) groups excluding carboxylic acids is 2. The van der Waals surface area contributed by atoms with E-state index in [2.05, 4.69) is 0 Å². The van der Waals surface area contributed by atoms with E-state index in [0.29, 0.717) is 16.3 Å². The van der Waals surface area contributed by atoms with E-state index in [1.165, 1.54) is 24.1 Å². The van der Waals surface area contributed by atoms with E-state index in [1.807, 2.05) is 19.9 Å². The van der Waals surface area contributed by atoms with Gasteiger partial charge in [-0.15, -0.1) is 0 Å². The fourth-order valence-electron chi connectivity index (χ4n) is 3.49. The van der Waals surface area contributed by atoms with Crippen molar-refractivity contribution in [2.75, 3.05) is 20.3 Å². The normalized spacial score (nSPS) is 18.1. The molecule has 164 valence electrons. The van der Waals surface area contributed by atoms with Gasteiger partial charge in [-0.25, -0.2) is 0 Å². The lowest BCUT2D eigenvalue weighted by atomic mass is 9.94. The first-order chi connectivity index (χ1) is 14.8. The predicted octanol–water partition coefficient (Wildman–Crippen LogP) is 4.85. The van der Waals surface area contributed by atoms with Gasteiger partial charge in [0.15, 0.2) is 0 Å². The van der Waals surface area contributed by atoms with Crippen LogP contribution in [0.25, 0.3) is 5.76 Å². The minimum atomic E-state index is -0.848. The molecule has 1 N–H and O–H groups in total. The number of rotatable bonds is 7. The molecule has 1 atom stereocenters. The van der Waals surface area contributed by atoms with Crippen LogP contribution in [0.15, 0.2) is 48.0 Å². The van der Waals surface area contributed by atoms with Gasteiger partial charge in [0.1, 0.15) is 11.5 Å². The topological polar surface area (TPSA) is 76.1 Å². The number of halogens is 2. The molecule has 1 fully saturated rings. The Hall–Kier alpha value is -2.54. The summed E-state index contributed by atoms with van der Waals surface area (Å²) in [7, 11) is 1.51. The van der Waals surface area contributed by atoms with Crippen molar-refractivity contribution in [2.24, 2.45) is 0 Å². The van der Waals surface area contributed by atoms with Crippen molar-refractivity contribution in [3.05, 3.63) is 69.2 Å². The third kappa shape index (κ3) is 4.71. The number of benzene rings is 2. The molecule has 1 amide bonds. The first-order valence-electron chi connectivity index (χ1n) is 9.74. The molecule has 1 aliphatic rings. The molecular weight excluding hydrogens is 441 g/mol. The third-order valence-electron chi connectivity index (χ3n) is 4.85. The molecule has 3 rings (SSSR count). The Labute approximate surface area is 191 Å². The fraction of sp³-hybridized carbons (Fsp3) is 0.304. The number of ketones is 1. The maximum Gasteiger partial charge on any atom is 0.295 e. The Morgan fingerprint density at radius 1 is 1.13 bits per heavy atom. The van der Waals surface area contributed by atoms with E-state index >= 15 is 0 Å². The maximum atomic E-state index is 13.0. The van der Waals surface area contributed by atoms with E-state index in [0.717, 1.165) is 0 Å². The average molecular weight is 464 g/mol. The molecule has 0 aromatic heterocycles. The Kier molecular flexibility index (Phi) is 7.26. The van der Waals surface area contributed by atoms with Gasteiger partial charge in [-0.1, -0.05) is 41.4 Å². The minimum absolute atomic E-state index is 0.0423. The smallest absolute Gasteiger partial charge is 0.295 e. The highest BCUT2D eigenvalue weighted by Crippen LogP contribution is 2.43. The number of hydrogen-bond acceptors (Lipinski definition) is 5. The summed E-state index contributed by atoms with van der Waals surface area (Å²) in [4.78, 5) is 27.3. The SMILES string of the molecule is COCCN1C(=O)C(=O)/C(=C(\O)c2ccc(Cl)c(Cl)c2)C1c1ccccc1OC(C)C. The average Bonchev–Trinajstić information content (AvgIpc) is 2.98. The van der Waals surface area contributed by atoms with Gasteiger partial charge in [-0.3, -0.25) is 9.59 Å². The molecule has 1 saturated heterocycles. The molecule has 2 aromatic rings. The number of nitrogens with zero attached hydrogens (tertiary/aromatic N) is 1. The largest absolute Gasteiger partial charge is 0.507 e. The summed E-state index contributed by atoms with van der Waals surface area (Å²) in [5, 5.41) is 11.6. The number of ether oxygens (including phenoxy) is 2. The zero-order chi connectivity index (χ0) is 22.7. The second-order valence-electron chi connectivity index (χ2n) is 7.32. The molecule has 0 bridgehead atoms. The lowest BCUT2D eigenvalue weighted by Crippen LogP contribution is -2.33. The van der Waals surface area contributed by atoms with Crippen molar-refractivity contribution >= 4 is 40.7 Å². The van der Waals surface area contributed by atoms with Gasteiger partial charge in [0.05, 0.1) is 34.4 Å². The highest BCUT2D eigenvalue weighted by Gasteiger charge is 2.46. The summed E-state index contributed by atoms with van der Waals surface area (Å²) in [6.07, 6.45) is -0.127. The van der Waals surface area contributed by atoms with E-state index in [9.17, 15) is 14.7 Å². The summed E-state index contributed by atoms with van der Waals surface area (Å²) in [5.74, 6) is -1.32. The summed E-state index contributed by atoms with van der Waals surface area (Å²) in [5.41, 5.74) is 0.832. The monoisotopic (exact) mass is 463 g/mol. The molecule has 8 heteroatoms. The Balaban J connectivity index is 2.22. The Morgan fingerprint density at radius 3 is 2.48 bits per heavy atom. The first-order valence-corrected chi connectivity index (χ1v) is 10.5. The molecule has 31 heavy (non-hydrogen) atoms. The minimum Gasteiger partial charge on any atom is -0.507 e. The lowest BCUT2D eigenvalue weighted by Gasteiger charge is -2.27. The van der Waals surface area contributed by atoms with Crippen molar-refractivity contribution < 1.29 is 24.2 Å². The van der Waals surface area contributed by atoms with Gasteiger partial charge in [0.2, 0.25) is 0 Å². The van der Waals surface area contributed by atoms with Crippen LogP contribution in [0.3, 0.4) is 0 Å². The third-order valence-corrected chi connectivity index (χ3v) is 5.58. The molecule has 1 unspecified atom stereocenters. The number of Topliss-reactive ketones (excluding diaryl/α,β-unsaturated/α-hetero) is 1. The summed E-state index contributed by atoms with van der Waals surface area (Å²) < 4.78 is 11.1. The van der Waals surface area contributed by atoms with Crippen molar-refractivity contribution in [3.63, 3.8) is 0 Å². The van der Waals surface area contributed by atoms with Gasteiger partial charge in [-0.05, 0) is 38.1 Å². The zero-order valence-electron chi connectivity index (χ0n) is 17.4. The number of carbonyl (C=O) groups is 2. The Bertz CT molecular complexity index is 1030. The number of amides is 1. The summed E-state index contributed by atoms with van der Waals surface area (Å²) in [6, 6.07) is 10.8. The molecule has 0 spiro atoms. The van der Waals surface area contributed by atoms with Crippen molar-refractivity contribution in [1.82, 2.24) is 4.90 Å². The van der Waals surface area contributed by atoms with Crippen LogP contribution in [0.1, 0.15) is 31.0 Å². The quantitative estimate of drug-likeness (QED) is 0.360. The number of para-hydroxylation sites is 1. The molecule has 6 nitrogen and oxygen atoms in total. The molecule has 1 aliphatic heterocycles. The van der Waals surface area contributed by atoms with Crippen LogP contribution >= 0.6 is 23.2 Å². The fourth-order valence-corrected chi connectivity index (χ4v) is 3.79. The second-order valence-corrected chi connectivity index (χ2v) is 8.13. The molecule has 2 aromatic carbocycles. The molecule has 0 saturated carbocycles. The van der Waals surface area contributed by atoms with E-state index in [4.69, 9.17) is 32.7 Å². The van der Waals surface area contributed by atoms with Crippen molar-refractivity contribution in [2.45, 2.75) is 26.0 Å². The predicted molar refractivity (Wildman–Crippen MR) is 120 cm³/mol. The summed E-state index contributed by atoms with van der Waals surface area (Å²) >= 11 is 12.1. The van der Waals surface area contributed by atoms with Crippen LogP contribution in [0, 0.1) is 0 Å². The number of aliphatic hydroxyl groups excluding tert-OH is 1. The van der Waals surface area contributed by atoms with Gasteiger partial charge in [0.25, 0.3) is 11.7 Å². The number of likely N-dealkylation sites (tertiary alicyclic amines) is 1. The molecule has 0 aliphatic carbocycles. The van der Waals surface area contributed by atoms with Gasteiger partial charge >= 0.3 is 0 Å². The van der Waals surface area contributed by atoms with Crippen LogP contribution in [0.4, 0.5) is 0 Å². The number of methoxy groups -OCH3 is 1. The number of aliphatic hydroxyl groups is 1. The standard InChI is InChI=1S/C23H23Cl2NO5/c1-13(2)31-18-7-5-4-6-15(18)20-19(22(28)23(29)26(20)10-11-30-3)21(27)14-8-9-16(24)17(25)12-14/h4-9,12-13,20,27H,10-11H2,1-3H3/b21-19-. The lowest BCUT2D eigenvalue weighted by molar-refractivity contribution is -0.140. The van der Waals surface area contributed by atoms with Gasteiger partial charge < -0.3 is 19.5 Å². The summed E-state index contributed by atoms with van der Waals surface area (Å²) in [6.45, 7) is 4.16. The second kappa shape index (κ2) is 9.73. The van der Waals surface area contributed by atoms with E-state index < -0.39 is 17.7 Å². The number of hydrogen-bond donors (Lipinski definition) is 1. The first kappa shape index (κ1) is 23.1. The van der Waals surface area contributed by atoms with Crippen molar-refractivity contribution in [3.8, 4) is 5.75 Å². The Morgan fingerprint density at radius 2 is 1.84 bits per heavy atom. The van der Waals surface area contributed by atoms with Gasteiger partial charge in [-0.2, -0.15) is 0 Å². The highest BCUT2D eigenvalue weighted by atomic mass is 35.5. The van der Waals surface area contributed by atoms with E-state index in [1.54, 1.807) is 24.3 Å². The maximum absolute atomic E-state index is 13.0. The van der Waals surface area contributed by atoms with Gasteiger partial charge in [0, 0.05) is 24.8 Å². The zero-order valence-corrected chi connectivity index (χ0v) is 18.9. The van der Waals surface area contributed by atoms with Crippen molar-refractivity contribution in [1.29, 1.82) is 0 Å². The van der Waals surface area contributed by atoms with Crippen LogP contribution in [-0.2, 0) is 14.3 Å². The van der Waals surface area contributed by atoms with Crippen LogP contribution in [0.5, 0.6) is 5.75 Å². The van der Waals surface area contributed by atoms with E-state index in [-0.39, 0.29) is 41.2 Å².